The third-order valence-corrected chi connectivity index (χ3v) is 10.8. The minimum atomic E-state index is -0.771. The molecule has 0 aromatic carbocycles. The highest BCUT2D eigenvalue weighted by atomic mass is 16.6. The number of allylic oxidation sites excluding steroid dienone is 10. The molecule has 1 N–H and O–H groups in total. The maximum Gasteiger partial charge on any atom is 0.306 e. The van der Waals surface area contributed by atoms with E-state index < -0.39 is 6.10 Å². The second-order valence-corrected chi connectivity index (χ2v) is 16.5. The summed E-state index contributed by atoms with van der Waals surface area (Å²) in [6.07, 6.45) is 64.5. The van der Waals surface area contributed by atoms with E-state index in [0.29, 0.717) is 12.8 Å². The van der Waals surface area contributed by atoms with Crippen LogP contribution in [0.1, 0.15) is 245 Å². The fraction of sp³-hybridized carbons (Fsp3) is 0.774. The Kier molecular flexibility index (Phi) is 46.9. The van der Waals surface area contributed by atoms with Gasteiger partial charge in [0.2, 0.25) is 0 Å². The van der Waals surface area contributed by atoms with Crippen LogP contribution in [-0.2, 0) is 19.1 Å². The van der Waals surface area contributed by atoms with Gasteiger partial charge in [-0.2, -0.15) is 0 Å². The molecule has 1 unspecified atom stereocenters. The van der Waals surface area contributed by atoms with Crippen molar-refractivity contribution in [3.63, 3.8) is 0 Å². The predicted octanol–water partition coefficient (Wildman–Crippen LogP) is 16.3. The van der Waals surface area contributed by atoms with Gasteiger partial charge in [0, 0.05) is 12.8 Å². The molecule has 0 heterocycles. The van der Waals surface area contributed by atoms with E-state index in [2.05, 4.69) is 74.6 Å². The third kappa shape index (κ3) is 46.3. The first kappa shape index (κ1) is 55.6. The highest BCUT2D eigenvalue weighted by Crippen LogP contribution is 2.16. The van der Waals surface area contributed by atoms with Crippen LogP contribution >= 0.6 is 0 Å². The monoisotopic (exact) mass is 811 g/mol. The zero-order valence-electron chi connectivity index (χ0n) is 38.3. The van der Waals surface area contributed by atoms with E-state index in [4.69, 9.17) is 9.47 Å². The Labute approximate surface area is 360 Å². The molecule has 0 radical (unpaired) electrons. The number of carbonyl (C=O) groups excluding carboxylic acids is 2. The topological polar surface area (TPSA) is 72.8 Å². The summed E-state index contributed by atoms with van der Waals surface area (Å²) >= 11 is 0. The van der Waals surface area contributed by atoms with Crippen LogP contribution in [0.3, 0.4) is 0 Å². The lowest BCUT2D eigenvalue weighted by molar-refractivity contribution is -0.161. The van der Waals surface area contributed by atoms with Crippen LogP contribution in [0, 0.1) is 0 Å². The third-order valence-electron chi connectivity index (χ3n) is 10.8. The molecule has 0 bridgehead atoms. The Bertz CT molecular complexity index is 1010. The van der Waals surface area contributed by atoms with Crippen LogP contribution in [0.25, 0.3) is 0 Å². The van der Waals surface area contributed by atoms with E-state index in [1.807, 2.05) is 0 Å². The Morgan fingerprint density at radius 2 is 0.741 bits per heavy atom. The maximum absolute atomic E-state index is 12.3. The number of rotatable bonds is 45. The molecule has 0 aromatic heterocycles. The standard InChI is InChI=1S/C53H94O5/c1-3-5-7-9-11-13-15-17-19-20-21-22-23-24-25-26-27-28-29-30-31-32-34-36-38-40-42-44-46-48-53(56)58-51(49-54)50-57-52(55)47-45-43-41-39-37-35-33-18-16-14-12-10-8-6-4-2/h5,7,11,13,17,19,21-22,24-25,51,54H,3-4,6,8-10,12,14-16,18,20,23,26-50H2,1-2H3/b7-5-,13-11-,19-17-,22-21-,25-24-. The number of hydrogen-bond acceptors (Lipinski definition) is 5. The van der Waals surface area contributed by atoms with Crippen LogP contribution in [0.2, 0.25) is 0 Å². The van der Waals surface area contributed by atoms with Crippen molar-refractivity contribution in [2.45, 2.75) is 251 Å². The SMILES string of the molecule is CC/C=C\C/C=C\C/C=C\C/C=C\C/C=C\CCCCCCCCCCCCCCCC(=O)OC(CO)COC(=O)CCCCCCCCCCCCCCCCC. The summed E-state index contributed by atoms with van der Waals surface area (Å²) in [6, 6.07) is 0. The summed E-state index contributed by atoms with van der Waals surface area (Å²) in [5.41, 5.74) is 0. The van der Waals surface area contributed by atoms with Crippen molar-refractivity contribution in [2.24, 2.45) is 0 Å². The van der Waals surface area contributed by atoms with E-state index in [1.54, 1.807) is 0 Å². The number of carbonyl (C=O) groups is 2. The van der Waals surface area contributed by atoms with E-state index in [-0.39, 0.29) is 25.2 Å². The van der Waals surface area contributed by atoms with Crippen molar-refractivity contribution in [1.82, 2.24) is 0 Å². The molecule has 0 rings (SSSR count). The van der Waals surface area contributed by atoms with Gasteiger partial charge in [0.1, 0.15) is 6.61 Å². The van der Waals surface area contributed by atoms with Gasteiger partial charge in [-0.05, 0) is 57.8 Å². The largest absolute Gasteiger partial charge is 0.462 e. The minimum Gasteiger partial charge on any atom is -0.462 e. The van der Waals surface area contributed by atoms with Crippen LogP contribution in [0.5, 0.6) is 0 Å². The first-order valence-corrected chi connectivity index (χ1v) is 24.8. The molecule has 58 heavy (non-hydrogen) atoms. The van der Waals surface area contributed by atoms with Crippen molar-refractivity contribution < 1.29 is 24.2 Å². The summed E-state index contributed by atoms with van der Waals surface area (Å²) in [4.78, 5) is 24.4. The lowest BCUT2D eigenvalue weighted by Gasteiger charge is -2.15. The van der Waals surface area contributed by atoms with Gasteiger partial charge < -0.3 is 14.6 Å². The summed E-state index contributed by atoms with van der Waals surface area (Å²) in [5.74, 6) is -0.584. The van der Waals surface area contributed by atoms with Gasteiger partial charge in [-0.15, -0.1) is 0 Å². The molecular weight excluding hydrogens is 717 g/mol. The van der Waals surface area contributed by atoms with Crippen molar-refractivity contribution in [1.29, 1.82) is 0 Å². The van der Waals surface area contributed by atoms with Crippen molar-refractivity contribution in [2.75, 3.05) is 13.2 Å². The summed E-state index contributed by atoms with van der Waals surface area (Å²) in [6.45, 7) is 4.04. The first-order valence-electron chi connectivity index (χ1n) is 24.8. The molecule has 1 atom stereocenters. The van der Waals surface area contributed by atoms with Gasteiger partial charge in [-0.1, -0.05) is 235 Å². The van der Waals surface area contributed by atoms with Gasteiger partial charge in [0.15, 0.2) is 6.10 Å². The second-order valence-electron chi connectivity index (χ2n) is 16.5. The van der Waals surface area contributed by atoms with Crippen molar-refractivity contribution >= 4 is 11.9 Å². The first-order chi connectivity index (χ1) is 28.6. The number of aliphatic hydroxyl groups excluding tert-OH is 1. The molecule has 0 saturated carbocycles. The van der Waals surface area contributed by atoms with E-state index in [1.165, 1.54) is 148 Å². The minimum absolute atomic E-state index is 0.0639. The van der Waals surface area contributed by atoms with Crippen LogP contribution < -0.4 is 0 Å². The molecule has 0 saturated heterocycles. The number of unbranched alkanes of at least 4 members (excludes halogenated alkanes) is 27. The Morgan fingerprint density at radius 1 is 0.414 bits per heavy atom. The van der Waals surface area contributed by atoms with Crippen molar-refractivity contribution in [3.8, 4) is 0 Å². The Morgan fingerprint density at radius 3 is 1.12 bits per heavy atom. The lowest BCUT2D eigenvalue weighted by Crippen LogP contribution is -2.28. The van der Waals surface area contributed by atoms with E-state index in [0.717, 1.165) is 70.6 Å². The normalized spacial score (nSPS) is 12.7. The smallest absolute Gasteiger partial charge is 0.306 e. The van der Waals surface area contributed by atoms with Gasteiger partial charge in [0.05, 0.1) is 6.61 Å². The average Bonchev–Trinajstić information content (AvgIpc) is 3.23. The Balaban J connectivity index is 3.49. The lowest BCUT2D eigenvalue weighted by atomic mass is 10.0. The molecule has 0 aromatic rings. The predicted molar refractivity (Wildman–Crippen MR) is 251 cm³/mol. The molecule has 0 aliphatic carbocycles. The fourth-order valence-corrected chi connectivity index (χ4v) is 7.11. The van der Waals surface area contributed by atoms with E-state index in [9.17, 15) is 14.7 Å². The van der Waals surface area contributed by atoms with Crippen molar-refractivity contribution in [3.05, 3.63) is 60.8 Å². The number of hydrogen-bond donors (Lipinski definition) is 1. The molecule has 0 aliphatic heterocycles. The highest BCUT2D eigenvalue weighted by Gasteiger charge is 2.16. The van der Waals surface area contributed by atoms with Crippen LogP contribution in [0.15, 0.2) is 60.8 Å². The molecule has 5 nitrogen and oxygen atoms in total. The molecule has 0 amide bonds. The van der Waals surface area contributed by atoms with Gasteiger partial charge in [-0.3, -0.25) is 9.59 Å². The zero-order chi connectivity index (χ0) is 42.1. The molecule has 5 heteroatoms. The number of esters is 2. The number of aliphatic hydroxyl groups is 1. The molecule has 0 spiro atoms. The Hall–Kier alpha value is -2.40. The van der Waals surface area contributed by atoms with Gasteiger partial charge in [0.25, 0.3) is 0 Å². The second kappa shape index (κ2) is 49.0. The van der Waals surface area contributed by atoms with Gasteiger partial charge >= 0.3 is 11.9 Å². The molecule has 336 valence electrons. The van der Waals surface area contributed by atoms with Gasteiger partial charge in [-0.25, -0.2) is 0 Å². The summed E-state index contributed by atoms with van der Waals surface area (Å²) in [7, 11) is 0. The quantitative estimate of drug-likeness (QED) is 0.0377. The average molecular weight is 811 g/mol. The van der Waals surface area contributed by atoms with E-state index >= 15 is 0 Å². The van der Waals surface area contributed by atoms with Crippen LogP contribution in [-0.4, -0.2) is 36.4 Å². The molecule has 0 aliphatic rings. The summed E-state index contributed by atoms with van der Waals surface area (Å²) < 4.78 is 10.7. The highest BCUT2D eigenvalue weighted by molar-refractivity contribution is 5.70. The number of ether oxygens (including phenoxy) is 2. The molecule has 0 fully saturated rings. The fourth-order valence-electron chi connectivity index (χ4n) is 7.11. The summed E-state index contributed by atoms with van der Waals surface area (Å²) in [5, 5.41) is 9.61. The molecular formula is C53H94O5. The maximum atomic E-state index is 12.3. The zero-order valence-corrected chi connectivity index (χ0v) is 38.3. The van der Waals surface area contributed by atoms with Crippen LogP contribution in [0.4, 0.5) is 0 Å².